The van der Waals surface area contributed by atoms with Gasteiger partial charge in [-0.25, -0.2) is 0 Å². The highest BCUT2D eigenvalue weighted by Gasteiger charge is 2.44. The zero-order valence-electron chi connectivity index (χ0n) is 8.00. The first-order valence-corrected chi connectivity index (χ1v) is 5.77. The molecule has 0 atom stereocenters. The zero-order chi connectivity index (χ0) is 9.15. The summed E-state index contributed by atoms with van der Waals surface area (Å²) in [6, 6.07) is 0. The van der Waals surface area contributed by atoms with Gasteiger partial charge in [0.05, 0.1) is 13.2 Å². The van der Waals surface area contributed by atoms with Crippen LogP contribution < -0.4 is 0 Å². The van der Waals surface area contributed by atoms with Gasteiger partial charge < -0.3 is 9.47 Å². The Bertz CT molecular complexity index is 162. The van der Waals surface area contributed by atoms with Crippen molar-refractivity contribution in [2.75, 3.05) is 32.2 Å². The molecule has 13 heavy (non-hydrogen) atoms. The van der Waals surface area contributed by atoms with E-state index in [1.807, 2.05) is 0 Å². The van der Waals surface area contributed by atoms with E-state index in [0.29, 0.717) is 5.41 Å². The Morgan fingerprint density at radius 2 is 1.85 bits per heavy atom. The van der Waals surface area contributed by atoms with E-state index < -0.39 is 0 Å². The van der Waals surface area contributed by atoms with Crippen LogP contribution in [0.25, 0.3) is 0 Å². The predicted molar refractivity (Wildman–Crippen MR) is 55.3 cm³/mol. The molecular formula is C10H18O2S. The fourth-order valence-electron chi connectivity index (χ4n) is 2.48. The van der Waals surface area contributed by atoms with Crippen LogP contribution in [0.3, 0.4) is 0 Å². The average Bonchev–Trinajstić information content (AvgIpc) is 2.13. The maximum atomic E-state index is 5.38. The molecule has 0 saturated carbocycles. The summed E-state index contributed by atoms with van der Waals surface area (Å²) in [5, 5.41) is 0. The van der Waals surface area contributed by atoms with Crippen molar-refractivity contribution in [3.63, 3.8) is 0 Å². The van der Waals surface area contributed by atoms with Crippen molar-refractivity contribution in [2.24, 2.45) is 11.3 Å². The molecule has 2 aliphatic heterocycles. The molecule has 0 amide bonds. The summed E-state index contributed by atoms with van der Waals surface area (Å²) in [5.74, 6) is 1.81. The van der Waals surface area contributed by atoms with Crippen molar-refractivity contribution in [1.29, 1.82) is 0 Å². The highest BCUT2D eigenvalue weighted by molar-refractivity contribution is 7.80. The van der Waals surface area contributed by atoms with Crippen molar-refractivity contribution in [3.05, 3.63) is 0 Å². The molecule has 0 radical (unpaired) electrons. The molecule has 2 fully saturated rings. The fourth-order valence-corrected chi connectivity index (χ4v) is 2.93. The third-order valence-corrected chi connectivity index (χ3v) is 3.70. The van der Waals surface area contributed by atoms with Gasteiger partial charge in [0.25, 0.3) is 0 Å². The molecule has 2 saturated heterocycles. The molecule has 0 aromatic carbocycles. The summed E-state index contributed by atoms with van der Waals surface area (Å²) < 4.78 is 10.8. The van der Waals surface area contributed by atoms with Crippen LogP contribution in [-0.4, -0.2) is 32.2 Å². The van der Waals surface area contributed by atoms with Gasteiger partial charge in [-0.3, -0.25) is 0 Å². The predicted octanol–water partition coefficient (Wildman–Crippen LogP) is 1.75. The van der Waals surface area contributed by atoms with Crippen LogP contribution in [0.15, 0.2) is 0 Å². The summed E-state index contributed by atoms with van der Waals surface area (Å²) in [7, 11) is 0. The molecule has 0 aliphatic carbocycles. The van der Waals surface area contributed by atoms with Crippen molar-refractivity contribution >= 4 is 12.6 Å². The third kappa shape index (κ3) is 1.88. The number of hydrogen-bond acceptors (Lipinski definition) is 3. The molecule has 2 nitrogen and oxygen atoms in total. The molecule has 2 rings (SSSR count). The lowest BCUT2D eigenvalue weighted by molar-refractivity contribution is -0.163. The standard InChI is InChI=1S/C10H18O2S/c13-6-3-10(7-12-8-10)9-1-4-11-5-2-9/h9,13H,1-8H2. The van der Waals surface area contributed by atoms with Gasteiger partial charge in [-0.05, 0) is 30.9 Å². The lowest BCUT2D eigenvalue weighted by atomic mass is 9.68. The van der Waals surface area contributed by atoms with Gasteiger partial charge >= 0.3 is 0 Å². The van der Waals surface area contributed by atoms with Crippen LogP contribution >= 0.6 is 12.6 Å². The molecule has 0 aromatic heterocycles. The van der Waals surface area contributed by atoms with Crippen LogP contribution in [0.2, 0.25) is 0 Å². The molecule has 0 aromatic rings. The quantitative estimate of drug-likeness (QED) is 0.703. The summed E-state index contributed by atoms with van der Waals surface area (Å²) in [6.45, 7) is 3.80. The normalized spacial score (nSPS) is 28.4. The molecular weight excluding hydrogens is 184 g/mol. The second kappa shape index (κ2) is 4.20. The lowest BCUT2D eigenvalue weighted by Crippen LogP contribution is -2.50. The van der Waals surface area contributed by atoms with E-state index in [1.54, 1.807) is 0 Å². The van der Waals surface area contributed by atoms with E-state index in [1.165, 1.54) is 19.3 Å². The second-order valence-electron chi connectivity index (χ2n) is 4.22. The average molecular weight is 202 g/mol. The largest absolute Gasteiger partial charge is 0.381 e. The minimum atomic E-state index is 0.464. The maximum absolute atomic E-state index is 5.38. The molecule has 0 spiro atoms. The van der Waals surface area contributed by atoms with Crippen molar-refractivity contribution in [1.82, 2.24) is 0 Å². The molecule has 0 unspecified atom stereocenters. The van der Waals surface area contributed by atoms with Gasteiger partial charge in [0.1, 0.15) is 0 Å². The minimum absolute atomic E-state index is 0.464. The van der Waals surface area contributed by atoms with E-state index in [0.717, 1.165) is 38.1 Å². The van der Waals surface area contributed by atoms with E-state index in [4.69, 9.17) is 9.47 Å². The third-order valence-electron chi connectivity index (χ3n) is 3.48. The molecule has 3 heteroatoms. The summed E-state index contributed by atoms with van der Waals surface area (Å²) in [5.41, 5.74) is 0.464. The van der Waals surface area contributed by atoms with E-state index in [2.05, 4.69) is 12.6 Å². The Kier molecular flexibility index (Phi) is 3.17. The Morgan fingerprint density at radius 3 is 2.31 bits per heavy atom. The number of hydrogen-bond donors (Lipinski definition) is 1. The Hall–Kier alpha value is 0.270. The Labute approximate surface area is 85.4 Å². The topological polar surface area (TPSA) is 18.5 Å². The van der Waals surface area contributed by atoms with Gasteiger partial charge in [-0.2, -0.15) is 12.6 Å². The fraction of sp³-hybridized carbons (Fsp3) is 1.00. The minimum Gasteiger partial charge on any atom is -0.381 e. The van der Waals surface area contributed by atoms with Gasteiger partial charge in [0.15, 0.2) is 0 Å². The first-order valence-electron chi connectivity index (χ1n) is 5.14. The van der Waals surface area contributed by atoms with Crippen molar-refractivity contribution in [2.45, 2.75) is 19.3 Å². The van der Waals surface area contributed by atoms with Gasteiger partial charge in [0, 0.05) is 18.6 Å². The first kappa shape index (κ1) is 9.81. The van der Waals surface area contributed by atoms with Gasteiger partial charge in [0.2, 0.25) is 0 Å². The monoisotopic (exact) mass is 202 g/mol. The van der Waals surface area contributed by atoms with E-state index >= 15 is 0 Å². The maximum Gasteiger partial charge on any atom is 0.0547 e. The van der Waals surface area contributed by atoms with Gasteiger partial charge in [-0.1, -0.05) is 0 Å². The Morgan fingerprint density at radius 1 is 1.15 bits per heavy atom. The van der Waals surface area contributed by atoms with Crippen LogP contribution in [0, 0.1) is 11.3 Å². The molecule has 0 N–H and O–H groups in total. The van der Waals surface area contributed by atoms with E-state index in [9.17, 15) is 0 Å². The number of ether oxygens (including phenoxy) is 2. The smallest absolute Gasteiger partial charge is 0.0547 e. The van der Waals surface area contributed by atoms with Gasteiger partial charge in [-0.15, -0.1) is 0 Å². The number of thiol groups is 1. The SMILES string of the molecule is SCCC1(C2CCOCC2)COC1. The molecule has 2 heterocycles. The highest BCUT2D eigenvalue weighted by atomic mass is 32.1. The summed E-state index contributed by atoms with van der Waals surface area (Å²) in [6.07, 6.45) is 3.65. The van der Waals surface area contributed by atoms with Crippen LogP contribution in [0.4, 0.5) is 0 Å². The summed E-state index contributed by atoms with van der Waals surface area (Å²) in [4.78, 5) is 0. The van der Waals surface area contributed by atoms with Crippen molar-refractivity contribution < 1.29 is 9.47 Å². The van der Waals surface area contributed by atoms with Crippen LogP contribution in [0.5, 0.6) is 0 Å². The first-order chi connectivity index (χ1) is 6.37. The van der Waals surface area contributed by atoms with E-state index in [-0.39, 0.29) is 0 Å². The Balaban J connectivity index is 1.93. The zero-order valence-corrected chi connectivity index (χ0v) is 8.89. The lowest BCUT2D eigenvalue weighted by Gasteiger charge is -2.48. The molecule has 0 bridgehead atoms. The number of rotatable bonds is 3. The molecule has 2 aliphatic rings. The highest BCUT2D eigenvalue weighted by Crippen LogP contribution is 2.44. The van der Waals surface area contributed by atoms with Crippen LogP contribution in [-0.2, 0) is 9.47 Å². The van der Waals surface area contributed by atoms with Crippen molar-refractivity contribution in [3.8, 4) is 0 Å². The second-order valence-corrected chi connectivity index (χ2v) is 4.66. The summed E-state index contributed by atoms with van der Waals surface area (Å²) >= 11 is 4.33. The van der Waals surface area contributed by atoms with Crippen LogP contribution in [0.1, 0.15) is 19.3 Å². The molecule has 76 valence electrons.